The van der Waals surface area contributed by atoms with Crippen LogP contribution in [0.15, 0.2) is 24.3 Å². The van der Waals surface area contributed by atoms with Gasteiger partial charge in [0.25, 0.3) is 0 Å². The van der Waals surface area contributed by atoms with Crippen molar-refractivity contribution in [2.75, 3.05) is 7.11 Å². The lowest BCUT2D eigenvalue weighted by Crippen LogP contribution is -2.39. The fraction of sp³-hybridized carbons (Fsp3) is 0.417. The lowest BCUT2D eigenvalue weighted by molar-refractivity contribution is -0.143. The van der Waals surface area contributed by atoms with Gasteiger partial charge in [-0.1, -0.05) is 24.3 Å². The summed E-state index contributed by atoms with van der Waals surface area (Å²) in [5.74, 6) is -0.123. The Balaban J connectivity index is 2.10. The van der Waals surface area contributed by atoms with Crippen molar-refractivity contribution >= 4 is 5.97 Å². The molecule has 1 aliphatic carbocycles. The first-order valence-electron chi connectivity index (χ1n) is 5.12. The van der Waals surface area contributed by atoms with Crippen LogP contribution < -0.4 is 5.73 Å². The lowest BCUT2D eigenvalue weighted by atomic mass is 9.97. The number of nitrogens with two attached hydrogens (primary N) is 1. The second-order valence-corrected chi connectivity index (χ2v) is 3.99. The zero-order valence-corrected chi connectivity index (χ0v) is 8.77. The number of esters is 1. The molecule has 0 heterocycles. The summed E-state index contributed by atoms with van der Waals surface area (Å²) in [4.78, 5) is 11.3. The summed E-state index contributed by atoms with van der Waals surface area (Å²) >= 11 is 0. The zero-order valence-electron chi connectivity index (χ0n) is 8.77. The van der Waals surface area contributed by atoms with Crippen molar-refractivity contribution in [3.63, 3.8) is 0 Å². The number of carbonyl (C=O) groups excluding carboxylic acids is 1. The normalized spacial score (nSPS) is 17.2. The van der Waals surface area contributed by atoms with E-state index < -0.39 is 6.04 Å². The summed E-state index contributed by atoms with van der Waals surface area (Å²) < 4.78 is 4.66. The molecule has 0 aromatic heterocycles. The van der Waals surface area contributed by atoms with Crippen molar-refractivity contribution < 1.29 is 9.53 Å². The largest absolute Gasteiger partial charge is 0.468 e. The number of ether oxygens (including phenoxy) is 1. The Morgan fingerprint density at radius 3 is 2.40 bits per heavy atom. The van der Waals surface area contributed by atoms with Crippen LogP contribution in [0.1, 0.15) is 11.1 Å². The highest BCUT2D eigenvalue weighted by atomic mass is 16.5. The van der Waals surface area contributed by atoms with Gasteiger partial charge in [0.2, 0.25) is 0 Å². The van der Waals surface area contributed by atoms with Gasteiger partial charge in [-0.15, -0.1) is 0 Å². The van der Waals surface area contributed by atoms with E-state index in [1.54, 1.807) is 0 Å². The number of carbonyl (C=O) groups is 1. The van der Waals surface area contributed by atoms with Crippen molar-refractivity contribution in [3.8, 4) is 0 Å². The molecule has 0 spiro atoms. The standard InChI is InChI=1S/C12H15NO2/c1-15-12(14)11(13)10-6-8-4-2-3-5-9(8)7-10/h2-5,10-11H,6-7,13H2,1H3/t11-/m0/s1. The summed E-state index contributed by atoms with van der Waals surface area (Å²) in [5.41, 5.74) is 8.45. The van der Waals surface area contributed by atoms with Crippen LogP contribution in [-0.2, 0) is 22.4 Å². The van der Waals surface area contributed by atoms with E-state index in [-0.39, 0.29) is 11.9 Å². The maximum Gasteiger partial charge on any atom is 0.322 e. The van der Waals surface area contributed by atoms with Gasteiger partial charge in [0.05, 0.1) is 7.11 Å². The van der Waals surface area contributed by atoms with Crippen molar-refractivity contribution in [2.24, 2.45) is 11.7 Å². The molecule has 0 saturated carbocycles. The molecule has 2 rings (SSSR count). The number of methoxy groups -OCH3 is 1. The molecule has 15 heavy (non-hydrogen) atoms. The molecule has 3 heteroatoms. The van der Waals surface area contributed by atoms with E-state index in [4.69, 9.17) is 5.73 Å². The van der Waals surface area contributed by atoms with Gasteiger partial charge in [-0.05, 0) is 29.9 Å². The first-order chi connectivity index (χ1) is 7.22. The Hall–Kier alpha value is -1.35. The molecule has 0 bridgehead atoms. The van der Waals surface area contributed by atoms with Gasteiger partial charge in [0, 0.05) is 0 Å². The maximum atomic E-state index is 11.3. The molecular weight excluding hydrogens is 190 g/mol. The molecule has 0 aliphatic heterocycles. The summed E-state index contributed by atoms with van der Waals surface area (Å²) in [6.07, 6.45) is 1.76. The molecule has 1 aliphatic rings. The molecule has 2 N–H and O–H groups in total. The second-order valence-electron chi connectivity index (χ2n) is 3.99. The molecule has 3 nitrogen and oxygen atoms in total. The van der Waals surface area contributed by atoms with E-state index in [1.165, 1.54) is 18.2 Å². The zero-order chi connectivity index (χ0) is 10.8. The fourth-order valence-electron chi connectivity index (χ4n) is 2.18. The molecule has 0 saturated heterocycles. The Bertz CT molecular complexity index is 351. The third-order valence-electron chi connectivity index (χ3n) is 3.06. The van der Waals surface area contributed by atoms with Crippen LogP contribution >= 0.6 is 0 Å². The van der Waals surface area contributed by atoms with Crippen LogP contribution in [0.25, 0.3) is 0 Å². The number of hydrogen-bond donors (Lipinski definition) is 1. The maximum absolute atomic E-state index is 11.3. The molecular formula is C12H15NO2. The van der Waals surface area contributed by atoms with Gasteiger partial charge in [-0.2, -0.15) is 0 Å². The summed E-state index contributed by atoms with van der Waals surface area (Å²) in [6.45, 7) is 0. The Morgan fingerprint density at radius 1 is 1.40 bits per heavy atom. The van der Waals surface area contributed by atoms with Crippen molar-refractivity contribution in [1.29, 1.82) is 0 Å². The third-order valence-corrected chi connectivity index (χ3v) is 3.06. The van der Waals surface area contributed by atoms with Gasteiger partial charge >= 0.3 is 5.97 Å². The van der Waals surface area contributed by atoms with E-state index in [2.05, 4.69) is 16.9 Å². The average molecular weight is 205 g/mol. The minimum Gasteiger partial charge on any atom is -0.468 e. The monoisotopic (exact) mass is 205 g/mol. The highest BCUT2D eigenvalue weighted by molar-refractivity contribution is 5.76. The van der Waals surface area contributed by atoms with E-state index >= 15 is 0 Å². The lowest BCUT2D eigenvalue weighted by Gasteiger charge is -2.15. The fourth-order valence-corrected chi connectivity index (χ4v) is 2.18. The van der Waals surface area contributed by atoms with Crippen LogP contribution in [0.4, 0.5) is 0 Å². The molecule has 80 valence electrons. The van der Waals surface area contributed by atoms with Gasteiger partial charge in [0.1, 0.15) is 6.04 Å². The van der Waals surface area contributed by atoms with Crippen LogP contribution in [0.2, 0.25) is 0 Å². The molecule has 0 radical (unpaired) electrons. The molecule has 1 atom stereocenters. The van der Waals surface area contributed by atoms with Crippen molar-refractivity contribution in [1.82, 2.24) is 0 Å². The van der Waals surface area contributed by atoms with Crippen LogP contribution in [0.5, 0.6) is 0 Å². The first kappa shape index (κ1) is 10.2. The van der Waals surface area contributed by atoms with E-state index in [0.29, 0.717) is 0 Å². The molecule has 0 fully saturated rings. The number of fused-ring (bicyclic) bond motifs is 1. The Kier molecular flexibility index (Phi) is 2.73. The highest BCUT2D eigenvalue weighted by Crippen LogP contribution is 2.28. The van der Waals surface area contributed by atoms with E-state index in [1.807, 2.05) is 12.1 Å². The van der Waals surface area contributed by atoms with Gasteiger partial charge in [-0.25, -0.2) is 0 Å². The predicted octanol–water partition coefficient (Wildman–Crippen LogP) is 0.902. The summed E-state index contributed by atoms with van der Waals surface area (Å²) in [7, 11) is 1.38. The second kappa shape index (κ2) is 4.03. The van der Waals surface area contributed by atoms with Crippen molar-refractivity contribution in [3.05, 3.63) is 35.4 Å². The van der Waals surface area contributed by atoms with E-state index in [0.717, 1.165) is 12.8 Å². The number of hydrogen-bond acceptors (Lipinski definition) is 3. The SMILES string of the molecule is COC(=O)[C@@H](N)C1Cc2ccccc2C1. The average Bonchev–Trinajstić information content (AvgIpc) is 2.70. The van der Waals surface area contributed by atoms with Gasteiger partial charge < -0.3 is 10.5 Å². The van der Waals surface area contributed by atoms with Crippen LogP contribution in [-0.4, -0.2) is 19.1 Å². The van der Waals surface area contributed by atoms with E-state index in [9.17, 15) is 4.79 Å². The quantitative estimate of drug-likeness (QED) is 0.730. The smallest absolute Gasteiger partial charge is 0.322 e. The van der Waals surface area contributed by atoms with Crippen LogP contribution in [0.3, 0.4) is 0 Å². The summed E-state index contributed by atoms with van der Waals surface area (Å²) in [5, 5.41) is 0. The summed E-state index contributed by atoms with van der Waals surface area (Å²) in [6, 6.07) is 7.73. The van der Waals surface area contributed by atoms with Crippen LogP contribution in [0, 0.1) is 5.92 Å². The predicted molar refractivity (Wildman–Crippen MR) is 57.3 cm³/mol. The highest BCUT2D eigenvalue weighted by Gasteiger charge is 2.30. The van der Waals surface area contributed by atoms with Gasteiger partial charge in [-0.3, -0.25) is 4.79 Å². The first-order valence-corrected chi connectivity index (χ1v) is 5.12. The Morgan fingerprint density at radius 2 is 1.93 bits per heavy atom. The molecule has 1 aromatic carbocycles. The van der Waals surface area contributed by atoms with Gasteiger partial charge in [0.15, 0.2) is 0 Å². The molecule has 0 unspecified atom stereocenters. The number of rotatable bonds is 2. The molecule has 0 amide bonds. The minimum absolute atomic E-state index is 0.190. The topological polar surface area (TPSA) is 52.3 Å². The number of benzene rings is 1. The van der Waals surface area contributed by atoms with Crippen molar-refractivity contribution in [2.45, 2.75) is 18.9 Å². The minimum atomic E-state index is -0.498. The third kappa shape index (κ3) is 1.88. The Labute approximate surface area is 89.2 Å². The molecule has 1 aromatic rings.